The molecule has 1 heterocycles. The van der Waals surface area contributed by atoms with Gasteiger partial charge in [-0.1, -0.05) is 12.8 Å². The Labute approximate surface area is 116 Å². The van der Waals surface area contributed by atoms with Crippen molar-refractivity contribution in [1.29, 1.82) is 0 Å². The molecular weight excluding hydrogens is 262 g/mol. The lowest BCUT2D eigenvalue weighted by Gasteiger charge is -2.11. The van der Waals surface area contributed by atoms with Gasteiger partial charge < -0.3 is 15.2 Å². The van der Waals surface area contributed by atoms with Crippen LogP contribution >= 0.6 is 0 Å². The first kappa shape index (κ1) is 14.4. The maximum atomic E-state index is 11.7. The predicted molar refractivity (Wildman–Crippen MR) is 69.5 cm³/mol. The molecule has 0 spiro atoms. The average Bonchev–Trinajstić information content (AvgIpc) is 2.96. The van der Waals surface area contributed by atoms with Crippen molar-refractivity contribution in [2.75, 3.05) is 13.2 Å². The molecule has 1 saturated carbocycles. The summed E-state index contributed by atoms with van der Waals surface area (Å²) in [6, 6.07) is 0. The molecular formula is C13H17N3O4. The van der Waals surface area contributed by atoms with Gasteiger partial charge in [-0.25, -0.2) is 14.8 Å². The number of aromatic nitrogens is 2. The van der Waals surface area contributed by atoms with Gasteiger partial charge in [-0.15, -0.1) is 0 Å². The molecule has 108 valence electrons. The third kappa shape index (κ3) is 3.99. The van der Waals surface area contributed by atoms with Gasteiger partial charge in [0.2, 0.25) is 0 Å². The lowest BCUT2D eigenvalue weighted by Crippen LogP contribution is -2.29. The molecule has 0 atom stereocenters. The number of nitrogens with zero attached hydrogens (tertiary/aromatic N) is 2. The smallest absolute Gasteiger partial charge is 0.356 e. The molecule has 0 unspecified atom stereocenters. The van der Waals surface area contributed by atoms with Crippen molar-refractivity contribution >= 4 is 11.9 Å². The van der Waals surface area contributed by atoms with Crippen LogP contribution in [0.1, 0.15) is 46.7 Å². The highest BCUT2D eigenvalue weighted by molar-refractivity contribution is 5.92. The zero-order valence-corrected chi connectivity index (χ0v) is 11.0. The highest BCUT2D eigenvalue weighted by atomic mass is 16.5. The lowest BCUT2D eigenvalue weighted by molar-refractivity contribution is 0.0581. The van der Waals surface area contributed by atoms with Crippen LogP contribution in [0, 0.1) is 0 Å². The van der Waals surface area contributed by atoms with Crippen LogP contribution in [0.15, 0.2) is 12.4 Å². The Balaban J connectivity index is 1.72. The number of amides is 1. The van der Waals surface area contributed by atoms with Crippen LogP contribution in [0.5, 0.6) is 0 Å². The number of hydrogen-bond acceptors (Lipinski definition) is 5. The second-order valence-corrected chi connectivity index (χ2v) is 4.63. The van der Waals surface area contributed by atoms with Gasteiger partial charge in [0.25, 0.3) is 5.91 Å². The van der Waals surface area contributed by atoms with Crippen molar-refractivity contribution in [3.8, 4) is 0 Å². The monoisotopic (exact) mass is 279 g/mol. The maximum absolute atomic E-state index is 11.7. The summed E-state index contributed by atoms with van der Waals surface area (Å²) in [4.78, 5) is 29.7. The molecule has 0 saturated heterocycles. The predicted octanol–water partition coefficient (Wildman–Crippen LogP) is 0.864. The summed E-state index contributed by atoms with van der Waals surface area (Å²) in [5.74, 6) is -1.56. The largest absolute Gasteiger partial charge is 0.476 e. The van der Waals surface area contributed by atoms with Crippen molar-refractivity contribution in [3.05, 3.63) is 23.8 Å². The van der Waals surface area contributed by atoms with Crippen LogP contribution in [-0.2, 0) is 4.74 Å². The van der Waals surface area contributed by atoms with E-state index in [4.69, 9.17) is 9.84 Å². The molecule has 0 aromatic carbocycles. The van der Waals surface area contributed by atoms with E-state index >= 15 is 0 Å². The Morgan fingerprint density at radius 2 is 1.90 bits per heavy atom. The van der Waals surface area contributed by atoms with Crippen LogP contribution in [0.3, 0.4) is 0 Å². The molecule has 0 radical (unpaired) electrons. The quantitative estimate of drug-likeness (QED) is 0.749. The normalized spacial score (nSPS) is 15.2. The Morgan fingerprint density at radius 3 is 2.50 bits per heavy atom. The van der Waals surface area contributed by atoms with E-state index in [-0.39, 0.29) is 17.3 Å². The summed E-state index contributed by atoms with van der Waals surface area (Å²) < 4.78 is 5.61. The molecule has 2 N–H and O–H groups in total. The van der Waals surface area contributed by atoms with Gasteiger partial charge in [-0.3, -0.25) is 4.79 Å². The minimum Gasteiger partial charge on any atom is -0.476 e. The molecule has 0 aliphatic heterocycles. The second-order valence-electron chi connectivity index (χ2n) is 4.63. The summed E-state index contributed by atoms with van der Waals surface area (Å²) in [5, 5.41) is 11.3. The number of nitrogens with one attached hydrogen (secondary N) is 1. The Kier molecular flexibility index (Phi) is 5.00. The van der Waals surface area contributed by atoms with E-state index in [0.717, 1.165) is 25.2 Å². The minimum atomic E-state index is -1.17. The van der Waals surface area contributed by atoms with Gasteiger partial charge in [-0.2, -0.15) is 0 Å². The van der Waals surface area contributed by atoms with Crippen LogP contribution in [0.25, 0.3) is 0 Å². The van der Waals surface area contributed by atoms with E-state index in [2.05, 4.69) is 15.3 Å². The van der Waals surface area contributed by atoms with Gasteiger partial charge in [0, 0.05) is 6.54 Å². The molecule has 7 nitrogen and oxygen atoms in total. The fourth-order valence-corrected chi connectivity index (χ4v) is 2.09. The Hall–Kier alpha value is -2.02. The van der Waals surface area contributed by atoms with Crippen LogP contribution < -0.4 is 5.32 Å². The fourth-order valence-electron chi connectivity index (χ4n) is 2.09. The number of carbonyl (C=O) groups excluding carboxylic acids is 1. The van der Waals surface area contributed by atoms with Gasteiger partial charge in [0.1, 0.15) is 5.69 Å². The number of carboxylic acid groups (broad SMARTS) is 1. The Morgan fingerprint density at radius 1 is 1.25 bits per heavy atom. The van der Waals surface area contributed by atoms with Gasteiger partial charge in [-0.05, 0) is 12.8 Å². The number of carbonyl (C=O) groups is 2. The third-order valence-corrected chi connectivity index (χ3v) is 3.15. The van der Waals surface area contributed by atoms with Crippen molar-refractivity contribution in [2.24, 2.45) is 0 Å². The topological polar surface area (TPSA) is 101 Å². The van der Waals surface area contributed by atoms with E-state index in [0.29, 0.717) is 19.3 Å². The molecule has 1 amide bonds. The molecule has 0 bridgehead atoms. The summed E-state index contributed by atoms with van der Waals surface area (Å²) in [6.45, 7) is 0.870. The van der Waals surface area contributed by atoms with E-state index in [1.54, 1.807) is 0 Å². The van der Waals surface area contributed by atoms with Crippen molar-refractivity contribution in [2.45, 2.75) is 31.8 Å². The van der Waals surface area contributed by atoms with Gasteiger partial charge in [0.15, 0.2) is 5.69 Å². The lowest BCUT2D eigenvalue weighted by atomic mass is 10.3. The fraction of sp³-hybridized carbons (Fsp3) is 0.538. The van der Waals surface area contributed by atoms with E-state index in [1.807, 2.05) is 0 Å². The molecule has 20 heavy (non-hydrogen) atoms. The second kappa shape index (κ2) is 6.95. The van der Waals surface area contributed by atoms with Crippen LogP contribution in [0.4, 0.5) is 0 Å². The van der Waals surface area contributed by atoms with E-state index in [9.17, 15) is 9.59 Å². The number of hydrogen-bond donors (Lipinski definition) is 2. The van der Waals surface area contributed by atoms with Crippen molar-refractivity contribution < 1.29 is 19.4 Å². The number of rotatable bonds is 6. The highest BCUT2D eigenvalue weighted by Gasteiger charge is 2.15. The summed E-state index contributed by atoms with van der Waals surface area (Å²) in [5.41, 5.74) is -0.0954. The molecule has 2 rings (SSSR count). The first-order valence-corrected chi connectivity index (χ1v) is 6.62. The summed E-state index contributed by atoms with van der Waals surface area (Å²) in [6.07, 6.45) is 7.14. The van der Waals surface area contributed by atoms with Gasteiger partial charge in [0.05, 0.1) is 25.1 Å². The molecule has 1 aromatic heterocycles. The number of aromatic carboxylic acids is 1. The SMILES string of the molecule is O=C(O)c1cnc(C(=O)NCCOC2CCCC2)cn1. The first-order chi connectivity index (χ1) is 9.66. The molecule has 1 aromatic rings. The van der Waals surface area contributed by atoms with Gasteiger partial charge >= 0.3 is 5.97 Å². The first-order valence-electron chi connectivity index (χ1n) is 6.62. The minimum absolute atomic E-state index is 0.0934. The molecule has 1 aliphatic rings. The zero-order chi connectivity index (χ0) is 14.4. The van der Waals surface area contributed by atoms with Crippen molar-refractivity contribution in [1.82, 2.24) is 15.3 Å². The Bertz CT molecular complexity index is 469. The highest BCUT2D eigenvalue weighted by Crippen LogP contribution is 2.20. The van der Waals surface area contributed by atoms with Crippen LogP contribution in [-0.4, -0.2) is 46.2 Å². The number of ether oxygens (including phenoxy) is 1. The van der Waals surface area contributed by atoms with E-state index in [1.165, 1.54) is 12.8 Å². The maximum Gasteiger partial charge on any atom is 0.356 e. The third-order valence-electron chi connectivity index (χ3n) is 3.15. The molecule has 1 fully saturated rings. The van der Waals surface area contributed by atoms with Crippen molar-refractivity contribution in [3.63, 3.8) is 0 Å². The molecule has 7 heteroatoms. The summed E-state index contributed by atoms with van der Waals surface area (Å²) in [7, 11) is 0. The zero-order valence-electron chi connectivity index (χ0n) is 11.0. The average molecular weight is 279 g/mol. The van der Waals surface area contributed by atoms with E-state index < -0.39 is 5.97 Å². The number of carboxylic acids is 1. The summed E-state index contributed by atoms with van der Waals surface area (Å²) >= 11 is 0. The molecule has 1 aliphatic carbocycles. The standard InChI is InChI=1S/C13H17N3O4/c17-12(10-7-16-11(8-15-10)13(18)19)14-5-6-20-9-3-1-2-4-9/h7-9H,1-6H2,(H,14,17)(H,18,19). The van der Waals surface area contributed by atoms with Crippen LogP contribution in [0.2, 0.25) is 0 Å².